The molecule has 5 nitrogen and oxygen atoms in total. The van der Waals surface area contributed by atoms with Gasteiger partial charge in [-0.25, -0.2) is 8.42 Å². The molecule has 3 unspecified atom stereocenters. The fourth-order valence-electron chi connectivity index (χ4n) is 4.15. The van der Waals surface area contributed by atoms with E-state index >= 15 is 0 Å². The summed E-state index contributed by atoms with van der Waals surface area (Å²) in [6.07, 6.45) is 7.30. The lowest BCUT2D eigenvalue weighted by molar-refractivity contribution is -0.133. The number of ether oxygens (including phenoxy) is 1. The van der Waals surface area contributed by atoms with Crippen LogP contribution in [0, 0.1) is 5.92 Å². The Morgan fingerprint density at radius 2 is 1.88 bits per heavy atom. The molecule has 146 valence electrons. The molecule has 6 heteroatoms. The predicted octanol–water partition coefficient (Wildman–Crippen LogP) is 3.18. The summed E-state index contributed by atoms with van der Waals surface area (Å²) in [5.74, 6) is 0.428. The van der Waals surface area contributed by atoms with Crippen molar-refractivity contribution in [2.75, 3.05) is 19.8 Å². The van der Waals surface area contributed by atoms with Gasteiger partial charge in [0.25, 0.3) is 0 Å². The number of unbranched alkanes of at least 4 members (excludes halogenated alkanes) is 1. The normalized spacial score (nSPS) is 27.0. The van der Waals surface area contributed by atoms with Crippen LogP contribution >= 0.6 is 0 Å². The first-order valence-corrected chi connectivity index (χ1v) is 11.6. The van der Waals surface area contributed by atoms with Gasteiger partial charge < -0.3 is 9.64 Å². The van der Waals surface area contributed by atoms with Gasteiger partial charge in [-0.3, -0.25) is 4.79 Å². The molecule has 1 saturated carbocycles. The topological polar surface area (TPSA) is 63.7 Å². The molecule has 1 amide bonds. The Bertz CT molecular complexity index is 528. The zero-order valence-electron chi connectivity index (χ0n) is 16.1. The summed E-state index contributed by atoms with van der Waals surface area (Å²) in [7, 11) is -3.45. The number of amides is 1. The Hall–Kier alpha value is -0.620. The van der Waals surface area contributed by atoms with Crippen molar-refractivity contribution in [3.8, 4) is 0 Å². The number of hydrogen-bond donors (Lipinski definition) is 0. The first kappa shape index (κ1) is 20.7. The minimum atomic E-state index is -3.45. The maximum absolute atomic E-state index is 13.2. The van der Waals surface area contributed by atoms with E-state index < -0.39 is 20.3 Å². The summed E-state index contributed by atoms with van der Waals surface area (Å²) in [6, 6.07) is 0.204. The highest BCUT2D eigenvalue weighted by Crippen LogP contribution is 2.29. The van der Waals surface area contributed by atoms with Crippen LogP contribution in [0.25, 0.3) is 0 Å². The van der Waals surface area contributed by atoms with Crippen LogP contribution in [-0.2, 0) is 19.4 Å². The van der Waals surface area contributed by atoms with Crippen LogP contribution < -0.4 is 0 Å². The molecule has 0 aromatic heterocycles. The van der Waals surface area contributed by atoms with Gasteiger partial charge in [-0.1, -0.05) is 33.1 Å². The second kappa shape index (κ2) is 9.36. The molecule has 0 aromatic rings. The molecule has 1 aliphatic carbocycles. The van der Waals surface area contributed by atoms with Gasteiger partial charge in [-0.2, -0.15) is 0 Å². The second-order valence-electron chi connectivity index (χ2n) is 7.85. The number of carbonyl (C=O) groups excluding carboxylic acids is 1. The monoisotopic (exact) mass is 373 g/mol. The lowest BCUT2D eigenvalue weighted by atomic mass is 9.86. The molecule has 2 aliphatic rings. The fourth-order valence-corrected chi connectivity index (χ4v) is 6.00. The van der Waals surface area contributed by atoms with E-state index in [1.165, 1.54) is 6.42 Å². The van der Waals surface area contributed by atoms with E-state index in [9.17, 15) is 13.2 Å². The predicted molar refractivity (Wildman–Crippen MR) is 100 cm³/mol. The van der Waals surface area contributed by atoms with Gasteiger partial charge in [0.05, 0.1) is 5.25 Å². The largest absolute Gasteiger partial charge is 0.381 e. The van der Waals surface area contributed by atoms with Crippen molar-refractivity contribution in [1.82, 2.24) is 4.90 Å². The van der Waals surface area contributed by atoms with Crippen LogP contribution in [0.3, 0.4) is 0 Å². The van der Waals surface area contributed by atoms with Crippen molar-refractivity contribution < 1.29 is 17.9 Å². The smallest absolute Gasteiger partial charge is 0.240 e. The molecule has 3 atom stereocenters. The van der Waals surface area contributed by atoms with Crippen LogP contribution in [0.15, 0.2) is 0 Å². The van der Waals surface area contributed by atoms with E-state index in [1.54, 1.807) is 6.92 Å². The third-order valence-electron chi connectivity index (χ3n) is 5.86. The van der Waals surface area contributed by atoms with E-state index in [4.69, 9.17) is 4.74 Å². The quantitative estimate of drug-likeness (QED) is 0.687. The number of sulfone groups is 1. The Balaban J connectivity index is 2.13. The summed E-state index contributed by atoms with van der Waals surface area (Å²) in [4.78, 5) is 15.1. The van der Waals surface area contributed by atoms with Gasteiger partial charge in [0.2, 0.25) is 5.91 Å². The number of hydrogen-bond acceptors (Lipinski definition) is 4. The van der Waals surface area contributed by atoms with Crippen molar-refractivity contribution in [3.63, 3.8) is 0 Å². The molecule has 1 aliphatic heterocycles. The molecular formula is C19H35NO4S. The minimum Gasteiger partial charge on any atom is -0.381 e. The Kier molecular flexibility index (Phi) is 7.74. The van der Waals surface area contributed by atoms with Crippen LogP contribution in [0.4, 0.5) is 0 Å². The molecule has 2 rings (SSSR count). The number of carbonyl (C=O) groups is 1. The molecule has 0 aromatic carbocycles. The highest BCUT2D eigenvalue weighted by atomic mass is 32.2. The maximum Gasteiger partial charge on any atom is 0.240 e. The van der Waals surface area contributed by atoms with E-state index in [2.05, 4.69) is 13.8 Å². The SMILES string of the molecule is CCCCN(C(=O)C(C)S(=O)(=O)C1CCOCC1)C1CCCC(C)C1. The molecule has 2 fully saturated rings. The number of nitrogens with zero attached hydrogens (tertiary/aromatic N) is 1. The van der Waals surface area contributed by atoms with E-state index in [0.29, 0.717) is 38.5 Å². The lowest BCUT2D eigenvalue weighted by Gasteiger charge is -2.38. The summed E-state index contributed by atoms with van der Waals surface area (Å²) in [5.41, 5.74) is 0. The summed E-state index contributed by atoms with van der Waals surface area (Å²) in [6.45, 7) is 7.57. The van der Waals surface area contributed by atoms with Gasteiger partial charge in [0, 0.05) is 25.8 Å². The molecule has 0 spiro atoms. The standard InChI is InChI=1S/C19H35NO4S/c1-4-5-11-20(17-8-6-7-15(2)14-17)19(21)16(3)25(22,23)18-9-12-24-13-10-18/h15-18H,4-14H2,1-3H3. The zero-order valence-corrected chi connectivity index (χ0v) is 16.9. The Labute approximate surface area is 153 Å². The molecule has 1 heterocycles. The van der Waals surface area contributed by atoms with Crippen LogP contribution in [0.5, 0.6) is 0 Å². The minimum absolute atomic E-state index is 0.181. The van der Waals surface area contributed by atoms with Crippen molar-refractivity contribution in [1.29, 1.82) is 0 Å². The lowest BCUT2D eigenvalue weighted by Crippen LogP contribution is -2.50. The van der Waals surface area contributed by atoms with Crippen LogP contribution in [0.2, 0.25) is 0 Å². The Morgan fingerprint density at radius 3 is 2.48 bits per heavy atom. The Morgan fingerprint density at radius 1 is 1.20 bits per heavy atom. The third-order valence-corrected chi connectivity index (χ3v) is 8.45. The summed E-state index contributed by atoms with van der Waals surface area (Å²) >= 11 is 0. The van der Waals surface area contributed by atoms with E-state index in [0.717, 1.165) is 32.1 Å². The average molecular weight is 374 g/mol. The van der Waals surface area contributed by atoms with Crippen LogP contribution in [-0.4, -0.2) is 55.5 Å². The summed E-state index contributed by atoms with van der Waals surface area (Å²) in [5, 5.41) is -1.37. The van der Waals surface area contributed by atoms with Crippen molar-refractivity contribution in [2.45, 2.75) is 88.7 Å². The van der Waals surface area contributed by atoms with Gasteiger partial charge in [-0.15, -0.1) is 0 Å². The molecule has 0 N–H and O–H groups in total. The fraction of sp³-hybridized carbons (Fsp3) is 0.947. The highest BCUT2D eigenvalue weighted by molar-refractivity contribution is 7.93. The third kappa shape index (κ3) is 5.19. The average Bonchev–Trinajstić information content (AvgIpc) is 2.62. The maximum atomic E-state index is 13.2. The van der Waals surface area contributed by atoms with Gasteiger partial charge in [-0.05, 0) is 44.9 Å². The molecular weight excluding hydrogens is 338 g/mol. The van der Waals surface area contributed by atoms with Crippen molar-refractivity contribution in [2.24, 2.45) is 5.92 Å². The van der Waals surface area contributed by atoms with E-state index in [1.807, 2.05) is 4.90 Å². The first-order chi connectivity index (χ1) is 11.9. The summed E-state index contributed by atoms with van der Waals surface area (Å²) < 4.78 is 31.2. The molecule has 25 heavy (non-hydrogen) atoms. The zero-order chi connectivity index (χ0) is 18.4. The first-order valence-electron chi connectivity index (χ1n) is 9.98. The highest BCUT2D eigenvalue weighted by Gasteiger charge is 2.40. The number of rotatable bonds is 7. The van der Waals surface area contributed by atoms with E-state index in [-0.39, 0.29) is 11.9 Å². The van der Waals surface area contributed by atoms with Crippen molar-refractivity contribution in [3.05, 3.63) is 0 Å². The van der Waals surface area contributed by atoms with Crippen molar-refractivity contribution >= 4 is 15.7 Å². The van der Waals surface area contributed by atoms with Gasteiger partial charge in [0.1, 0.15) is 5.25 Å². The second-order valence-corrected chi connectivity index (χ2v) is 10.4. The van der Waals surface area contributed by atoms with Crippen LogP contribution in [0.1, 0.15) is 72.1 Å². The molecule has 0 bridgehead atoms. The van der Waals surface area contributed by atoms with Gasteiger partial charge >= 0.3 is 0 Å². The molecule has 0 radical (unpaired) electrons. The molecule has 1 saturated heterocycles. The van der Waals surface area contributed by atoms with Gasteiger partial charge in [0.15, 0.2) is 9.84 Å².